The minimum atomic E-state index is -3.19. The van der Waals surface area contributed by atoms with Crippen molar-refractivity contribution in [3.8, 4) is 5.75 Å². The number of halogens is 1. The van der Waals surface area contributed by atoms with Gasteiger partial charge in [-0.05, 0) is 39.0 Å². The molecule has 9 nitrogen and oxygen atoms in total. The van der Waals surface area contributed by atoms with Gasteiger partial charge in [0.2, 0.25) is 0 Å². The highest BCUT2D eigenvalue weighted by Crippen LogP contribution is 2.42. The highest BCUT2D eigenvalue weighted by molar-refractivity contribution is 8.16. The van der Waals surface area contributed by atoms with Gasteiger partial charge >= 0.3 is 6.09 Å². The van der Waals surface area contributed by atoms with Gasteiger partial charge in [0.15, 0.2) is 15.0 Å². The maximum absolute atomic E-state index is 12.4. The van der Waals surface area contributed by atoms with Crippen LogP contribution in [-0.4, -0.2) is 67.6 Å². The van der Waals surface area contributed by atoms with Crippen LogP contribution in [0.4, 0.5) is 10.5 Å². The van der Waals surface area contributed by atoms with Crippen LogP contribution in [-0.2, 0) is 19.4 Å². The number of benzene rings is 1. The summed E-state index contributed by atoms with van der Waals surface area (Å²) in [6.45, 7) is 4.81. The molecule has 31 heavy (non-hydrogen) atoms. The molecule has 2 aliphatic rings. The number of carbonyl (C=O) groups is 2. The molecule has 0 spiro atoms. The highest BCUT2D eigenvalue weighted by atomic mass is 35.5. The van der Waals surface area contributed by atoms with Crippen LogP contribution in [0.25, 0.3) is 0 Å². The zero-order valence-corrected chi connectivity index (χ0v) is 19.9. The number of nitrogens with one attached hydrogen (secondary N) is 1. The Morgan fingerprint density at radius 2 is 2.03 bits per heavy atom. The number of sulfone groups is 1. The van der Waals surface area contributed by atoms with Gasteiger partial charge in [-0.25, -0.2) is 13.2 Å². The van der Waals surface area contributed by atoms with E-state index in [1.165, 1.54) is 18.9 Å². The Kier molecular flexibility index (Phi) is 6.78. The molecule has 0 radical (unpaired) electrons. The van der Waals surface area contributed by atoms with Crippen molar-refractivity contribution in [1.82, 2.24) is 5.32 Å². The van der Waals surface area contributed by atoms with Crippen molar-refractivity contribution in [3.63, 3.8) is 0 Å². The third-order valence-corrected chi connectivity index (χ3v) is 7.99. The Morgan fingerprint density at radius 1 is 1.32 bits per heavy atom. The number of ether oxygens (including phenoxy) is 2. The molecule has 1 aromatic rings. The van der Waals surface area contributed by atoms with Crippen molar-refractivity contribution < 1.29 is 27.5 Å². The Hall–Kier alpha value is -1.98. The minimum absolute atomic E-state index is 0.00604. The van der Waals surface area contributed by atoms with Gasteiger partial charge in [0, 0.05) is 10.9 Å². The number of amides is 2. The molecule has 0 saturated carbocycles. The lowest BCUT2D eigenvalue weighted by Gasteiger charge is -2.25. The number of hydrogen-bond donors (Lipinski definition) is 1. The minimum Gasteiger partial charge on any atom is -0.495 e. The van der Waals surface area contributed by atoms with Crippen molar-refractivity contribution in [3.05, 3.63) is 23.2 Å². The monoisotopic (exact) mass is 489 g/mol. The number of fused-ring (bicyclic) bond motifs is 1. The number of thioether (sulfide) groups is 1. The second-order valence-corrected chi connectivity index (χ2v) is 11.9. The van der Waals surface area contributed by atoms with E-state index in [2.05, 4.69) is 10.3 Å². The first-order valence-electron chi connectivity index (χ1n) is 9.47. The van der Waals surface area contributed by atoms with Crippen LogP contribution in [0.1, 0.15) is 20.8 Å². The van der Waals surface area contributed by atoms with E-state index in [9.17, 15) is 18.0 Å². The molecule has 2 heterocycles. The average molecular weight is 490 g/mol. The van der Waals surface area contributed by atoms with Crippen molar-refractivity contribution in [2.75, 3.05) is 30.1 Å². The normalized spacial score (nSPS) is 23.5. The maximum atomic E-state index is 12.4. The third kappa shape index (κ3) is 5.83. The van der Waals surface area contributed by atoms with Crippen LogP contribution in [0.2, 0.25) is 5.02 Å². The number of nitrogens with zero attached hydrogens (tertiary/aromatic N) is 2. The molecule has 0 aliphatic carbocycles. The number of alkyl carbamates (subject to hydrolysis) is 1. The van der Waals surface area contributed by atoms with E-state index in [1.807, 2.05) is 0 Å². The SMILES string of the molecule is COc1ccc(N2C(=NC(=O)CNC(=O)OC(C)(C)C)S[C@H]3CS(=O)(=O)C[C@H]32)cc1Cl. The number of methoxy groups -OCH3 is 1. The Balaban J connectivity index is 1.82. The van der Waals surface area contributed by atoms with Gasteiger partial charge in [-0.1, -0.05) is 23.4 Å². The third-order valence-electron chi connectivity index (χ3n) is 4.48. The molecule has 3 rings (SSSR count). The molecule has 1 N–H and O–H groups in total. The molecule has 170 valence electrons. The van der Waals surface area contributed by atoms with Crippen molar-refractivity contribution >= 4 is 56.1 Å². The van der Waals surface area contributed by atoms with Crippen molar-refractivity contribution in [2.45, 2.75) is 37.7 Å². The van der Waals surface area contributed by atoms with Crippen LogP contribution < -0.4 is 15.0 Å². The summed E-state index contributed by atoms with van der Waals surface area (Å²) in [7, 11) is -1.70. The molecule has 0 bridgehead atoms. The van der Waals surface area contributed by atoms with Crippen molar-refractivity contribution in [1.29, 1.82) is 0 Å². The quantitative estimate of drug-likeness (QED) is 0.686. The maximum Gasteiger partial charge on any atom is 0.408 e. The topological polar surface area (TPSA) is 114 Å². The molecular weight excluding hydrogens is 466 g/mol. The van der Waals surface area contributed by atoms with E-state index >= 15 is 0 Å². The van der Waals surface area contributed by atoms with E-state index in [-0.39, 0.29) is 29.3 Å². The predicted molar refractivity (Wildman–Crippen MR) is 121 cm³/mol. The summed E-state index contributed by atoms with van der Waals surface area (Å²) in [5.74, 6) is -0.145. The molecule has 0 unspecified atom stereocenters. The van der Waals surface area contributed by atoms with Gasteiger partial charge in [0.05, 0.1) is 29.7 Å². The summed E-state index contributed by atoms with van der Waals surface area (Å²) in [4.78, 5) is 30.0. The second-order valence-electron chi connectivity index (χ2n) is 8.13. The summed E-state index contributed by atoms with van der Waals surface area (Å²) in [5.41, 5.74) is -0.0807. The largest absolute Gasteiger partial charge is 0.495 e. The number of aliphatic imine (C=N–C) groups is 1. The van der Waals surface area contributed by atoms with Crippen LogP contribution in [0.5, 0.6) is 5.75 Å². The fourth-order valence-corrected chi connectivity index (χ4v) is 7.46. The van der Waals surface area contributed by atoms with E-state index < -0.39 is 27.4 Å². The van der Waals surface area contributed by atoms with E-state index in [0.717, 1.165) is 0 Å². The number of rotatable bonds is 4. The van der Waals surface area contributed by atoms with E-state index in [1.54, 1.807) is 43.9 Å². The summed E-state index contributed by atoms with van der Waals surface area (Å²) >= 11 is 7.49. The fourth-order valence-electron chi connectivity index (χ4n) is 3.28. The molecule has 12 heteroatoms. The number of amidine groups is 1. The first-order chi connectivity index (χ1) is 14.4. The number of carbonyl (C=O) groups excluding carboxylic acids is 2. The Labute approximate surface area is 190 Å². The van der Waals surface area contributed by atoms with Crippen LogP contribution in [0.3, 0.4) is 0 Å². The molecule has 2 fully saturated rings. The summed E-state index contributed by atoms with van der Waals surface area (Å²) in [6.07, 6.45) is -0.720. The van der Waals surface area contributed by atoms with Crippen molar-refractivity contribution in [2.24, 2.45) is 4.99 Å². The lowest BCUT2D eigenvalue weighted by Crippen LogP contribution is -2.38. The lowest BCUT2D eigenvalue weighted by atomic mass is 10.2. The molecule has 1 aromatic carbocycles. The zero-order chi connectivity index (χ0) is 23.0. The molecule has 2 saturated heterocycles. The molecule has 2 atom stereocenters. The zero-order valence-electron chi connectivity index (χ0n) is 17.5. The average Bonchev–Trinajstić information content (AvgIpc) is 3.09. The Bertz CT molecular complexity index is 1020. The van der Waals surface area contributed by atoms with Crippen LogP contribution in [0, 0.1) is 0 Å². The van der Waals surface area contributed by atoms with E-state index in [4.69, 9.17) is 21.1 Å². The summed E-state index contributed by atoms with van der Waals surface area (Å²) in [5, 5.41) is 2.84. The predicted octanol–water partition coefficient (Wildman–Crippen LogP) is 2.47. The first-order valence-corrected chi connectivity index (χ1v) is 12.5. The summed E-state index contributed by atoms with van der Waals surface area (Å²) in [6, 6.07) is 4.68. The van der Waals surface area contributed by atoms with Gasteiger partial charge in [-0.2, -0.15) is 4.99 Å². The van der Waals surface area contributed by atoms with Gasteiger partial charge in [0.25, 0.3) is 5.91 Å². The lowest BCUT2D eigenvalue weighted by molar-refractivity contribution is -0.117. The highest BCUT2D eigenvalue weighted by Gasteiger charge is 2.49. The van der Waals surface area contributed by atoms with Gasteiger partial charge < -0.3 is 19.7 Å². The first kappa shape index (κ1) is 23.7. The van der Waals surface area contributed by atoms with Crippen LogP contribution >= 0.6 is 23.4 Å². The summed E-state index contributed by atoms with van der Waals surface area (Å²) < 4.78 is 34.6. The fraction of sp³-hybridized carbons (Fsp3) is 0.526. The Morgan fingerprint density at radius 3 is 2.65 bits per heavy atom. The number of anilines is 1. The molecule has 2 amide bonds. The standard InChI is InChI=1S/C19H24ClN3O6S2/c1-19(2,3)29-18(25)21-8-16(24)22-17-23(11-5-6-14(28-4)12(20)7-11)13-9-31(26,27)10-15(13)30-17/h5-7,13,15H,8-10H2,1-4H3,(H,21,25)/t13-,15+/m1/s1. The van der Waals surface area contributed by atoms with Gasteiger partial charge in [0.1, 0.15) is 17.9 Å². The number of hydrogen-bond acceptors (Lipinski definition) is 7. The van der Waals surface area contributed by atoms with Crippen LogP contribution in [0.15, 0.2) is 23.2 Å². The van der Waals surface area contributed by atoms with E-state index in [0.29, 0.717) is 21.6 Å². The van der Waals surface area contributed by atoms with Gasteiger partial charge in [-0.3, -0.25) is 4.79 Å². The molecule has 0 aromatic heterocycles. The molecule has 2 aliphatic heterocycles. The smallest absolute Gasteiger partial charge is 0.408 e. The van der Waals surface area contributed by atoms with Gasteiger partial charge in [-0.15, -0.1) is 0 Å². The molecular formula is C19H24ClN3O6S2. The second kappa shape index (κ2) is 8.87.